The number of amides is 1. The third-order valence-corrected chi connectivity index (χ3v) is 4.80. The first-order chi connectivity index (χ1) is 16.6. The Kier molecular flexibility index (Phi) is 9.01. The Labute approximate surface area is 199 Å². The fourth-order valence-corrected chi connectivity index (χ4v) is 3.27. The van der Waals surface area contributed by atoms with Crippen LogP contribution in [-0.4, -0.2) is 59.4 Å². The molecule has 16 heteroatoms. The number of nitrogens with two attached hydrogens (primary N) is 1. The second-order valence-corrected chi connectivity index (χ2v) is 7.58. The van der Waals surface area contributed by atoms with Crippen molar-refractivity contribution in [3.05, 3.63) is 28.8 Å². The largest absolute Gasteiger partial charge is 0.573 e. The first kappa shape index (κ1) is 28.5. The number of benzene rings is 1. The molecular formula is C20H22F6N4O6. The van der Waals surface area contributed by atoms with E-state index in [0.717, 1.165) is 12.1 Å². The number of carbonyl (C=O) groups is 2. The second-order valence-electron chi connectivity index (χ2n) is 7.58. The Morgan fingerprint density at radius 1 is 1.22 bits per heavy atom. The molecule has 1 aromatic carbocycles. The third kappa shape index (κ3) is 7.93. The van der Waals surface area contributed by atoms with Gasteiger partial charge in [0, 0.05) is 12.1 Å². The molecule has 200 valence electrons. The van der Waals surface area contributed by atoms with E-state index in [-0.39, 0.29) is 42.9 Å². The van der Waals surface area contributed by atoms with Crippen LogP contribution in [0.5, 0.6) is 11.5 Å². The highest BCUT2D eigenvalue weighted by atomic mass is 19.4. The first-order valence-electron chi connectivity index (χ1n) is 10.2. The van der Waals surface area contributed by atoms with Crippen LogP contribution in [-0.2, 0) is 9.59 Å². The van der Waals surface area contributed by atoms with Gasteiger partial charge in [0.1, 0.15) is 17.5 Å². The number of hydroxylamine groups is 1. The quantitative estimate of drug-likeness (QED) is 0.108. The van der Waals surface area contributed by atoms with E-state index >= 15 is 0 Å². The lowest BCUT2D eigenvalue weighted by Crippen LogP contribution is -2.47. The second kappa shape index (κ2) is 11.4. The van der Waals surface area contributed by atoms with Crippen molar-refractivity contribution in [2.24, 2.45) is 10.7 Å². The first-order valence-corrected chi connectivity index (χ1v) is 10.2. The smallest absolute Gasteiger partial charge is 0.480 e. The maximum Gasteiger partial charge on any atom is 0.573 e. The van der Waals surface area contributed by atoms with Gasteiger partial charge in [0.25, 0.3) is 5.91 Å². The van der Waals surface area contributed by atoms with Crippen molar-refractivity contribution < 1.29 is 55.7 Å². The molecule has 0 aliphatic carbocycles. The van der Waals surface area contributed by atoms with E-state index in [4.69, 9.17) is 15.7 Å². The van der Waals surface area contributed by atoms with E-state index in [1.807, 2.05) is 5.32 Å². The maximum absolute atomic E-state index is 13.7. The van der Waals surface area contributed by atoms with Crippen molar-refractivity contribution in [2.75, 3.05) is 6.54 Å². The van der Waals surface area contributed by atoms with E-state index in [1.165, 1.54) is 6.92 Å². The fraction of sp³-hybridized carbons (Fsp3) is 0.450. The number of unbranched alkanes of at least 4 members (excludes halogenated alkanes) is 1. The molecular weight excluding hydrogens is 506 g/mol. The number of hydrogen-bond acceptors (Lipinski definition) is 6. The number of carboxylic acid groups (broad SMARTS) is 1. The van der Waals surface area contributed by atoms with Crippen molar-refractivity contribution in [1.29, 1.82) is 0 Å². The van der Waals surface area contributed by atoms with Crippen molar-refractivity contribution in [2.45, 2.75) is 50.9 Å². The highest BCUT2D eigenvalue weighted by Crippen LogP contribution is 2.41. The lowest BCUT2D eigenvalue weighted by molar-refractivity contribution is -0.274. The number of rotatable bonds is 9. The summed E-state index contributed by atoms with van der Waals surface area (Å²) in [6.07, 6.45) is -12.0. The summed E-state index contributed by atoms with van der Waals surface area (Å²) in [6, 6.07) is -0.0155. The summed E-state index contributed by atoms with van der Waals surface area (Å²) in [7, 11) is 0. The SMILES string of the molecule is Cc1cc(OC(F)(F)F)cc2c1O[C@H](C(F)(F)F)C(C(=O)NC(CCCCN=C(N)NO)C(=O)O)=C2. The number of guanidine groups is 1. The number of alkyl halides is 6. The number of nitrogens with zero attached hydrogens (tertiary/aromatic N) is 1. The van der Waals surface area contributed by atoms with Gasteiger partial charge in [-0.15, -0.1) is 13.2 Å². The molecule has 0 saturated heterocycles. The van der Waals surface area contributed by atoms with E-state index < -0.39 is 53.6 Å². The van der Waals surface area contributed by atoms with Crippen LogP contribution >= 0.6 is 0 Å². The molecule has 0 bridgehead atoms. The number of carbonyl (C=O) groups excluding carboxylic acids is 1. The molecule has 1 aromatic rings. The number of aliphatic carboxylic acids is 1. The van der Waals surface area contributed by atoms with Gasteiger partial charge in [-0.2, -0.15) is 13.2 Å². The maximum atomic E-state index is 13.7. The summed E-state index contributed by atoms with van der Waals surface area (Å²) in [6.45, 7) is 1.29. The number of aliphatic imine (C=N–C) groups is 1. The van der Waals surface area contributed by atoms with Gasteiger partial charge < -0.3 is 25.6 Å². The molecule has 0 radical (unpaired) electrons. The summed E-state index contributed by atoms with van der Waals surface area (Å²) in [5, 5.41) is 19.9. The van der Waals surface area contributed by atoms with E-state index in [1.54, 1.807) is 5.48 Å². The lowest BCUT2D eigenvalue weighted by atomic mass is 9.97. The van der Waals surface area contributed by atoms with Crippen LogP contribution in [0.25, 0.3) is 6.08 Å². The Balaban J connectivity index is 2.28. The van der Waals surface area contributed by atoms with Crippen LogP contribution in [0.3, 0.4) is 0 Å². The molecule has 1 aliphatic rings. The van der Waals surface area contributed by atoms with Gasteiger partial charge in [-0.1, -0.05) is 0 Å². The van der Waals surface area contributed by atoms with Crippen molar-refractivity contribution in [3.63, 3.8) is 0 Å². The number of nitrogens with one attached hydrogen (secondary N) is 2. The molecule has 1 amide bonds. The predicted molar refractivity (Wildman–Crippen MR) is 111 cm³/mol. The minimum absolute atomic E-state index is 0.0906. The van der Waals surface area contributed by atoms with Crippen LogP contribution < -0.4 is 26.0 Å². The molecule has 2 atom stereocenters. The number of fused-ring (bicyclic) bond motifs is 1. The zero-order chi connectivity index (χ0) is 27.3. The van der Waals surface area contributed by atoms with Gasteiger partial charge in [0.15, 0.2) is 0 Å². The molecule has 1 heterocycles. The Hall–Kier alpha value is -3.69. The molecule has 1 unspecified atom stereocenters. The molecule has 36 heavy (non-hydrogen) atoms. The van der Waals surface area contributed by atoms with Crippen LogP contribution in [0.2, 0.25) is 0 Å². The summed E-state index contributed by atoms with van der Waals surface area (Å²) in [5.74, 6) is -4.38. The number of halogens is 6. The Morgan fingerprint density at radius 2 is 1.89 bits per heavy atom. The van der Waals surface area contributed by atoms with Gasteiger partial charge in [-0.25, -0.2) is 10.3 Å². The minimum atomic E-state index is -5.11. The van der Waals surface area contributed by atoms with E-state index in [0.29, 0.717) is 6.08 Å². The summed E-state index contributed by atoms with van der Waals surface area (Å²) >= 11 is 0. The Morgan fingerprint density at radius 3 is 2.44 bits per heavy atom. The Bertz CT molecular complexity index is 1040. The molecule has 10 nitrogen and oxygen atoms in total. The molecule has 0 saturated carbocycles. The van der Waals surface area contributed by atoms with Gasteiger partial charge in [-0.05, 0) is 50.0 Å². The number of hydrogen-bond donors (Lipinski definition) is 5. The van der Waals surface area contributed by atoms with E-state index in [2.05, 4.69) is 9.73 Å². The van der Waals surface area contributed by atoms with E-state index in [9.17, 15) is 41.0 Å². The monoisotopic (exact) mass is 528 g/mol. The van der Waals surface area contributed by atoms with Crippen LogP contribution in [0.1, 0.15) is 30.4 Å². The van der Waals surface area contributed by atoms with Crippen molar-refractivity contribution in [1.82, 2.24) is 10.8 Å². The average Bonchev–Trinajstić information content (AvgIpc) is 2.74. The normalized spacial score (nSPS) is 16.8. The highest BCUT2D eigenvalue weighted by molar-refractivity contribution is 6.01. The topological polar surface area (TPSA) is 156 Å². The third-order valence-electron chi connectivity index (χ3n) is 4.80. The van der Waals surface area contributed by atoms with Gasteiger partial charge in [-0.3, -0.25) is 15.0 Å². The highest BCUT2D eigenvalue weighted by Gasteiger charge is 2.49. The molecule has 6 N–H and O–H groups in total. The summed E-state index contributed by atoms with van der Waals surface area (Å²) in [5.41, 5.74) is 5.35. The zero-order valence-electron chi connectivity index (χ0n) is 18.5. The van der Waals surface area contributed by atoms with Crippen molar-refractivity contribution >= 4 is 23.9 Å². The summed E-state index contributed by atoms with van der Waals surface area (Å²) < 4.78 is 87.5. The summed E-state index contributed by atoms with van der Waals surface area (Å²) in [4.78, 5) is 27.9. The standard InChI is InChI=1S/C20H22F6N4O6/c1-9-6-11(36-20(24,25)26)7-10-8-12(15(19(21,22)23)35-14(9)10)16(31)29-13(17(32)33)4-2-3-5-28-18(27)30-34/h6-8,13,15,34H,2-5H2,1H3,(H,29,31)(H,32,33)(H3,27,28,30)/t13?,15-/m0/s1. The molecule has 0 aromatic heterocycles. The number of carboxylic acids is 1. The van der Waals surface area contributed by atoms with Crippen LogP contribution in [0, 0.1) is 6.92 Å². The molecule has 2 rings (SSSR count). The number of ether oxygens (including phenoxy) is 2. The lowest BCUT2D eigenvalue weighted by Gasteiger charge is -2.30. The van der Waals surface area contributed by atoms with Crippen molar-refractivity contribution in [3.8, 4) is 11.5 Å². The fourth-order valence-electron chi connectivity index (χ4n) is 3.27. The minimum Gasteiger partial charge on any atom is -0.480 e. The zero-order valence-corrected chi connectivity index (χ0v) is 18.5. The van der Waals surface area contributed by atoms with Gasteiger partial charge in [0.05, 0.1) is 5.57 Å². The number of aryl methyl sites for hydroxylation is 1. The molecule has 1 aliphatic heterocycles. The predicted octanol–water partition coefficient (Wildman–Crippen LogP) is 2.63. The molecule has 0 fully saturated rings. The average molecular weight is 528 g/mol. The van der Waals surface area contributed by atoms with Gasteiger partial charge in [0.2, 0.25) is 12.1 Å². The van der Waals surface area contributed by atoms with Gasteiger partial charge >= 0.3 is 18.5 Å². The molecule has 0 spiro atoms. The van der Waals surface area contributed by atoms with Crippen LogP contribution in [0.4, 0.5) is 26.3 Å². The van der Waals surface area contributed by atoms with Crippen LogP contribution in [0.15, 0.2) is 22.7 Å².